The summed E-state index contributed by atoms with van der Waals surface area (Å²) in [6, 6.07) is 16.8. The van der Waals surface area contributed by atoms with E-state index in [9.17, 15) is 18.0 Å². The number of rotatable bonds is 8. The van der Waals surface area contributed by atoms with E-state index in [1.165, 1.54) is 25.3 Å². The van der Waals surface area contributed by atoms with Gasteiger partial charge in [0.15, 0.2) is 0 Å². The number of primary sulfonamides is 1. The highest BCUT2D eigenvalue weighted by atomic mass is 32.2. The van der Waals surface area contributed by atoms with Crippen LogP contribution in [0, 0.1) is 5.92 Å². The molecular formula is C24H27N3O5S. The Hall–Kier alpha value is -3.43. The van der Waals surface area contributed by atoms with E-state index in [0.29, 0.717) is 0 Å². The summed E-state index contributed by atoms with van der Waals surface area (Å²) in [5.41, 5.74) is 1.08. The molecule has 4 N–H and O–H groups in total. The van der Waals surface area contributed by atoms with Crippen LogP contribution < -0.4 is 20.5 Å². The molecular weight excluding hydrogens is 442 g/mol. The molecule has 0 aliphatic heterocycles. The van der Waals surface area contributed by atoms with Crippen molar-refractivity contribution in [2.24, 2.45) is 11.1 Å². The number of nitrogens with one attached hydrogen (secondary N) is 2. The molecule has 3 aromatic carbocycles. The van der Waals surface area contributed by atoms with Crippen LogP contribution in [0.4, 0.5) is 5.69 Å². The Morgan fingerprint density at radius 2 is 1.73 bits per heavy atom. The van der Waals surface area contributed by atoms with Crippen LogP contribution in [0.2, 0.25) is 0 Å². The molecule has 0 radical (unpaired) electrons. The number of sulfonamides is 1. The molecule has 33 heavy (non-hydrogen) atoms. The lowest BCUT2D eigenvalue weighted by Crippen LogP contribution is -2.47. The summed E-state index contributed by atoms with van der Waals surface area (Å²) in [6.45, 7) is 3.62. The van der Waals surface area contributed by atoms with Crippen LogP contribution >= 0.6 is 0 Å². The van der Waals surface area contributed by atoms with Crippen LogP contribution in [-0.4, -0.2) is 33.4 Å². The first-order valence-corrected chi connectivity index (χ1v) is 11.9. The Kier molecular flexibility index (Phi) is 7.35. The lowest BCUT2D eigenvalue weighted by Gasteiger charge is -2.22. The van der Waals surface area contributed by atoms with E-state index in [1.54, 1.807) is 0 Å². The molecule has 0 aliphatic carbocycles. The zero-order chi connectivity index (χ0) is 24.2. The first-order chi connectivity index (χ1) is 15.6. The zero-order valence-corrected chi connectivity index (χ0v) is 19.5. The lowest BCUT2D eigenvalue weighted by molar-refractivity contribution is -0.127. The summed E-state index contributed by atoms with van der Waals surface area (Å²) in [7, 11) is -2.74. The molecule has 0 saturated heterocycles. The van der Waals surface area contributed by atoms with Crippen molar-refractivity contribution in [3.05, 3.63) is 66.2 Å². The molecule has 0 aliphatic rings. The maximum Gasteiger partial charge on any atom is 0.247 e. The fourth-order valence-electron chi connectivity index (χ4n) is 3.58. The molecule has 8 nitrogen and oxygen atoms in total. The third-order valence-electron chi connectivity index (χ3n) is 5.23. The topological polar surface area (TPSA) is 128 Å². The standard InChI is InChI=1S/C24H27N3O5S/c1-15(2)23(24(29)26-18-11-12-20(32-3)21(14-18)33(25,30)31)27-22(28)13-17-9-6-8-16-7-4-5-10-19(16)17/h4-12,14-15,23H,13H2,1-3H3,(H,26,29)(H,27,28)(H2,25,30,31)/t23-/m1/s1. The molecule has 3 aromatic rings. The normalized spacial score (nSPS) is 12.4. The summed E-state index contributed by atoms with van der Waals surface area (Å²) in [5.74, 6) is -0.904. The third kappa shape index (κ3) is 5.88. The SMILES string of the molecule is COc1ccc(NC(=O)[C@H](NC(=O)Cc2cccc3ccccc23)C(C)C)cc1S(N)(=O)=O. The van der Waals surface area contributed by atoms with Crippen LogP contribution in [-0.2, 0) is 26.0 Å². The number of fused-ring (bicyclic) bond motifs is 1. The number of hydrogen-bond acceptors (Lipinski definition) is 5. The van der Waals surface area contributed by atoms with Crippen LogP contribution in [0.25, 0.3) is 10.8 Å². The van der Waals surface area contributed by atoms with Gasteiger partial charge < -0.3 is 15.4 Å². The van der Waals surface area contributed by atoms with E-state index < -0.39 is 22.0 Å². The van der Waals surface area contributed by atoms with Gasteiger partial charge in [-0.2, -0.15) is 0 Å². The Morgan fingerprint density at radius 1 is 1.03 bits per heavy atom. The van der Waals surface area contributed by atoms with Crippen molar-refractivity contribution in [3.63, 3.8) is 0 Å². The van der Waals surface area contributed by atoms with Crippen molar-refractivity contribution in [1.82, 2.24) is 5.32 Å². The molecule has 2 amide bonds. The van der Waals surface area contributed by atoms with Gasteiger partial charge in [0.25, 0.3) is 0 Å². The van der Waals surface area contributed by atoms with Gasteiger partial charge in [-0.05, 0) is 40.5 Å². The minimum absolute atomic E-state index is 0.0688. The second-order valence-electron chi connectivity index (χ2n) is 8.00. The van der Waals surface area contributed by atoms with E-state index in [2.05, 4.69) is 10.6 Å². The van der Waals surface area contributed by atoms with Crippen molar-refractivity contribution in [3.8, 4) is 5.75 Å². The van der Waals surface area contributed by atoms with Crippen LogP contribution in [0.15, 0.2) is 65.6 Å². The minimum Gasteiger partial charge on any atom is -0.495 e. The van der Waals surface area contributed by atoms with Crippen LogP contribution in [0.5, 0.6) is 5.75 Å². The second-order valence-corrected chi connectivity index (χ2v) is 9.53. The first kappa shape index (κ1) is 24.2. The van der Waals surface area contributed by atoms with Crippen molar-refractivity contribution in [2.45, 2.75) is 31.2 Å². The van der Waals surface area contributed by atoms with Gasteiger partial charge in [0.1, 0.15) is 16.7 Å². The van der Waals surface area contributed by atoms with Crippen molar-refractivity contribution >= 4 is 38.3 Å². The number of anilines is 1. The summed E-state index contributed by atoms with van der Waals surface area (Å²) >= 11 is 0. The van der Waals surface area contributed by atoms with Gasteiger partial charge in [-0.25, -0.2) is 13.6 Å². The molecule has 0 bridgehead atoms. The Morgan fingerprint density at radius 3 is 2.39 bits per heavy atom. The van der Waals surface area contributed by atoms with Crippen molar-refractivity contribution < 1.29 is 22.7 Å². The molecule has 0 fully saturated rings. The van der Waals surface area contributed by atoms with Gasteiger partial charge >= 0.3 is 0 Å². The molecule has 0 unspecified atom stereocenters. The van der Waals surface area contributed by atoms with E-state index in [0.717, 1.165) is 16.3 Å². The van der Waals surface area contributed by atoms with E-state index >= 15 is 0 Å². The molecule has 9 heteroatoms. The number of carbonyl (C=O) groups is 2. The number of methoxy groups -OCH3 is 1. The average molecular weight is 470 g/mol. The summed E-state index contributed by atoms with van der Waals surface area (Å²) in [4.78, 5) is 25.5. The number of nitrogens with two attached hydrogens (primary N) is 1. The highest BCUT2D eigenvalue weighted by molar-refractivity contribution is 7.89. The first-order valence-electron chi connectivity index (χ1n) is 10.4. The van der Waals surface area contributed by atoms with Gasteiger partial charge in [-0.1, -0.05) is 56.3 Å². The van der Waals surface area contributed by atoms with Crippen LogP contribution in [0.1, 0.15) is 19.4 Å². The summed E-state index contributed by atoms with van der Waals surface area (Å²) in [6.07, 6.45) is 0.121. The maximum atomic E-state index is 12.9. The highest BCUT2D eigenvalue weighted by Crippen LogP contribution is 2.26. The average Bonchev–Trinajstić information content (AvgIpc) is 2.77. The highest BCUT2D eigenvalue weighted by Gasteiger charge is 2.25. The molecule has 0 saturated carbocycles. The number of carbonyl (C=O) groups excluding carboxylic acids is 2. The summed E-state index contributed by atoms with van der Waals surface area (Å²) < 4.78 is 28.7. The van der Waals surface area contributed by atoms with Crippen molar-refractivity contribution in [1.29, 1.82) is 0 Å². The molecule has 1 atom stereocenters. The van der Waals surface area contributed by atoms with Gasteiger partial charge in [0, 0.05) is 5.69 Å². The summed E-state index contributed by atoms with van der Waals surface area (Å²) in [5, 5.41) is 12.7. The van der Waals surface area contributed by atoms with Gasteiger partial charge in [0.2, 0.25) is 21.8 Å². The fraction of sp³-hybridized carbons (Fsp3) is 0.250. The maximum absolute atomic E-state index is 12.9. The van der Waals surface area contributed by atoms with E-state index in [-0.39, 0.29) is 34.6 Å². The van der Waals surface area contributed by atoms with Crippen molar-refractivity contribution in [2.75, 3.05) is 12.4 Å². The van der Waals surface area contributed by atoms with E-state index in [4.69, 9.17) is 9.88 Å². The predicted molar refractivity (Wildman–Crippen MR) is 127 cm³/mol. The molecule has 0 aromatic heterocycles. The Labute approximate surface area is 193 Å². The van der Waals surface area contributed by atoms with Gasteiger partial charge in [-0.15, -0.1) is 0 Å². The number of hydrogen-bond donors (Lipinski definition) is 3. The number of benzene rings is 3. The molecule has 3 rings (SSSR count). The van der Waals surface area contributed by atoms with Gasteiger partial charge in [0.05, 0.1) is 13.5 Å². The monoisotopic (exact) mass is 469 g/mol. The largest absolute Gasteiger partial charge is 0.495 e. The Bertz CT molecular complexity index is 1280. The fourth-order valence-corrected chi connectivity index (χ4v) is 4.30. The predicted octanol–water partition coefficient (Wildman–Crippen LogP) is 2.82. The van der Waals surface area contributed by atoms with E-state index in [1.807, 2.05) is 56.3 Å². The Balaban J connectivity index is 1.76. The minimum atomic E-state index is -4.06. The second kappa shape index (κ2) is 10.0. The number of amides is 2. The number of ether oxygens (including phenoxy) is 1. The molecule has 0 heterocycles. The molecule has 0 spiro atoms. The smallest absolute Gasteiger partial charge is 0.247 e. The quantitative estimate of drug-likeness (QED) is 0.467. The lowest BCUT2D eigenvalue weighted by atomic mass is 10.00. The molecule has 174 valence electrons. The zero-order valence-electron chi connectivity index (χ0n) is 18.7. The third-order valence-corrected chi connectivity index (χ3v) is 6.17. The van der Waals surface area contributed by atoms with Gasteiger partial charge in [-0.3, -0.25) is 9.59 Å². The van der Waals surface area contributed by atoms with Crippen LogP contribution in [0.3, 0.4) is 0 Å².